The van der Waals surface area contributed by atoms with Crippen molar-refractivity contribution in [1.29, 1.82) is 0 Å². The molecule has 1 aromatic rings. The van der Waals surface area contributed by atoms with Gasteiger partial charge in [-0.05, 0) is 25.5 Å². The molecule has 2 unspecified atom stereocenters. The van der Waals surface area contributed by atoms with Gasteiger partial charge in [-0.15, -0.1) is 11.8 Å². The number of hydrogen-bond donors (Lipinski definition) is 1. The minimum absolute atomic E-state index is 0.288. The van der Waals surface area contributed by atoms with Crippen molar-refractivity contribution in [3.63, 3.8) is 0 Å². The highest BCUT2D eigenvalue weighted by atomic mass is 32.2. The van der Waals surface area contributed by atoms with Crippen LogP contribution in [0.4, 0.5) is 0 Å². The standard InChI is InChI=1S/C10H17N3O2S/c1-2-14-6-7(11)9-12-10(15-13-9)8-4-3-5-16-8/h7-8H,2-6,11H2,1H3. The molecule has 2 atom stereocenters. The van der Waals surface area contributed by atoms with Crippen molar-refractivity contribution >= 4 is 11.8 Å². The maximum Gasteiger partial charge on any atom is 0.239 e. The third-order valence-corrected chi connectivity index (χ3v) is 3.86. The van der Waals surface area contributed by atoms with Crippen LogP contribution in [0.5, 0.6) is 0 Å². The molecule has 2 rings (SSSR count). The van der Waals surface area contributed by atoms with E-state index in [9.17, 15) is 0 Å². The molecule has 0 aromatic carbocycles. The maximum atomic E-state index is 5.88. The van der Waals surface area contributed by atoms with Gasteiger partial charge in [0.15, 0.2) is 5.82 Å². The molecule has 1 aliphatic heterocycles. The lowest BCUT2D eigenvalue weighted by Gasteiger charge is -2.05. The van der Waals surface area contributed by atoms with Crippen LogP contribution >= 0.6 is 11.8 Å². The van der Waals surface area contributed by atoms with Gasteiger partial charge in [0.05, 0.1) is 17.9 Å². The third-order valence-electron chi connectivity index (χ3n) is 2.50. The number of ether oxygens (including phenoxy) is 1. The van der Waals surface area contributed by atoms with Crippen LogP contribution in [0, 0.1) is 0 Å². The van der Waals surface area contributed by atoms with Gasteiger partial charge in [0.2, 0.25) is 5.89 Å². The summed E-state index contributed by atoms with van der Waals surface area (Å²) in [5.41, 5.74) is 5.88. The van der Waals surface area contributed by atoms with Crippen molar-refractivity contribution in [1.82, 2.24) is 10.1 Å². The van der Waals surface area contributed by atoms with Gasteiger partial charge in [0.1, 0.15) is 0 Å². The molecule has 1 fully saturated rings. The summed E-state index contributed by atoms with van der Waals surface area (Å²) in [4.78, 5) is 4.34. The van der Waals surface area contributed by atoms with Gasteiger partial charge in [-0.3, -0.25) is 0 Å². The predicted molar refractivity (Wildman–Crippen MR) is 62.2 cm³/mol. The van der Waals surface area contributed by atoms with E-state index in [1.54, 1.807) is 0 Å². The molecular weight excluding hydrogens is 226 g/mol. The van der Waals surface area contributed by atoms with Crippen molar-refractivity contribution in [3.8, 4) is 0 Å². The van der Waals surface area contributed by atoms with Crippen molar-refractivity contribution in [2.24, 2.45) is 5.73 Å². The Morgan fingerprint density at radius 1 is 1.69 bits per heavy atom. The van der Waals surface area contributed by atoms with Crippen LogP contribution in [-0.4, -0.2) is 29.1 Å². The fraction of sp³-hybridized carbons (Fsp3) is 0.800. The lowest BCUT2D eigenvalue weighted by molar-refractivity contribution is 0.130. The van der Waals surface area contributed by atoms with Crippen LogP contribution in [0.25, 0.3) is 0 Å². The monoisotopic (exact) mass is 243 g/mol. The molecule has 0 bridgehead atoms. The third kappa shape index (κ3) is 2.75. The van der Waals surface area contributed by atoms with Crippen LogP contribution in [0.1, 0.15) is 42.8 Å². The Morgan fingerprint density at radius 2 is 2.56 bits per heavy atom. The second-order valence-corrected chi connectivity index (χ2v) is 5.07. The smallest absolute Gasteiger partial charge is 0.239 e. The zero-order valence-corrected chi connectivity index (χ0v) is 10.2. The molecule has 16 heavy (non-hydrogen) atoms. The number of rotatable bonds is 5. The molecule has 2 N–H and O–H groups in total. The van der Waals surface area contributed by atoms with E-state index in [0.717, 1.165) is 6.42 Å². The largest absolute Gasteiger partial charge is 0.380 e. The minimum Gasteiger partial charge on any atom is -0.380 e. The molecule has 0 saturated carbocycles. The second kappa shape index (κ2) is 5.65. The summed E-state index contributed by atoms with van der Waals surface area (Å²) in [7, 11) is 0. The van der Waals surface area contributed by atoms with Crippen molar-refractivity contribution in [2.75, 3.05) is 19.0 Å². The molecule has 90 valence electrons. The van der Waals surface area contributed by atoms with E-state index < -0.39 is 0 Å². The lowest BCUT2D eigenvalue weighted by atomic mass is 10.2. The molecule has 2 heterocycles. The van der Waals surface area contributed by atoms with E-state index in [1.165, 1.54) is 12.2 Å². The van der Waals surface area contributed by atoms with Crippen LogP contribution in [0.2, 0.25) is 0 Å². The van der Waals surface area contributed by atoms with Crippen LogP contribution in [-0.2, 0) is 4.74 Å². The second-order valence-electron chi connectivity index (χ2n) is 3.76. The van der Waals surface area contributed by atoms with Gasteiger partial charge in [0, 0.05) is 6.61 Å². The Labute approximate surface area is 99.1 Å². The Balaban J connectivity index is 1.95. The van der Waals surface area contributed by atoms with Gasteiger partial charge in [-0.2, -0.15) is 4.98 Å². The maximum absolute atomic E-state index is 5.88. The molecule has 5 nitrogen and oxygen atoms in total. The first-order valence-electron chi connectivity index (χ1n) is 5.59. The van der Waals surface area contributed by atoms with Gasteiger partial charge in [-0.1, -0.05) is 5.16 Å². The van der Waals surface area contributed by atoms with Gasteiger partial charge in [0.25, 0.3) is 0 Å². The Bertz CT molecular complexity index is 326. The summed E-state index contributed by atoms with van der Waals surface area (Å²) < 4.78 is 10.5. The van der Waals surface area contributed by atoms with E-state index in [0.29, 0.717) is 30.2 Å². The fourth-order valence-electron chi connectivity index (χ4n) is 1.62. The highest BCUT2D eigenvalue weighted by Crippen LogP contribution is 2.38. The zero-order chi connectivity index (χ0) is 11.4. The van der Waals surface area contributed by atoms with Crippen LogP contribution in [0.3, 0.4) is 0 Å². The summed E-state index contributed by atoms with van der Waals surface area (Å²) in [6.45, 7) is 3.02. The number of hydrogen-bond acceptors (Lipinski definition) is 6. The molecule has 0 aliphatic carbocycles. The molecule has 0 radical (unpaired) electrons. The number of aromatic nitrogens is 2. The number of nitrogens with zero attached hydrogens (tertiary/aromatic N) is 2. The van der Waals surface area contributed by atoms with Crippen molar-refractivity contribution < 1.29 is 9.26 Å². The van der Waals surface area contributed by atoms with E-state index >= 15 is 0 Å². The quantitative estimate of drug-likeness (QED) is 0.848. The van der Waals surface area contributed by atoms with Gasteiger partial charge >= 0.3 is 0 Å². The van der Waals surface area contributed by atoms with E-state index in [-0.39, 0.29) is 6.04 Å². The van der Waals surface area contributed by atoms with Crippen LogP contribution < -0.4 is 5.73 Å². The highest BCUT2D eigenvalue weighted by molar-refractivity contribution is 7.99. The fourth-order valence-corrected chi connectivity index (χ4v) is 2.81. The lowest BCUT2D eigenvalue weighted by Crippen LogP contribution is -2.18. The summed E-state index contributed by atoms with van der Waals surface area (Å²) >= 11 is 1.87. The topological polar surface area (TPSA) is 74.2 Å². The van der Waals surface area contributed by atoms with E-state index in [4.69, 9.17) is 15.0 Å². The molecule has 1 aliphatic rings. The minimum atomic E-state index is -0.288. The summed E-state index contributed by atoms with van der Waals surface area (Å²) in [5, 5.41) is 4.27. The Morgan fingerprint density at radius 3 is 3.25 bits per heavy atom. The Kier molecular flexibility index (Phi) is 4.20. The molecular formula is C10H17N3O2S. The first kappa shape index (κ1) is 11.9. The SMILES string of the molecule is CCOCC(N)c1noc(C2CCCS2)n1. The summed E-state index contributed by atoms with van der Waals surface area (Å²) in [5.74, 6) is 2.44. The summed E-state index contributed by atoms with van der Waals surface area (Å²) in [6.07, 6.45) is 2.34. The van der Waals surface area contributed by atoms with Crippen molar-refractivity contribution in [3.05, 3.63) is 11.7 Å². The molecule has 0 spiro atoms. The van der Waals surface area contributed by atoms with Gasteiger partial charge < -0.3 is 15.0 Å². The Hall–Kier alpha value is -0.590. The van der Waals surface area contributed by atoms with E-state index in [1.807, 2.05) is 18.7 Å². The number of nitrogens with two attached hydrogens (primary N) is 1. The normalized spacial score (nSPS) is 22.5. The molecule has 0 amide bonds. The molecule has 1 saturated heterocycles. The average molecular weight is 243 g/mol. The van der Waals surface area contributed by atoms with Crippen LogP contribution in [0.15, 0.2) is 4.52 Å². The zero-order valence-electron chi connectivity index (χ0n) is 9.39. The highest BCUT2D eigenvalue weighted by Gasteiger charge is 2.24. The molecule has 6 heteroatoms. The molecule has 1 aromatic heterocycles. The average Bonchev–Trinajstić information content (AvgIpc) is 2.94. The van der Waals surface area contributed by atoms with Gasteiger partial charge in [-0.25, -0.2) is 0 Å². The van der Waals surface area contributed by atoms with E-state index in [2.05, 4.69) is 10.1 Å². The van der Waals surface area contributed by atoms with Crippen molar-refractivity contribution in [2.45, 2.75) is 31.1 Å². The predicted octanol–water partition coefficient (Wildman–Crippen LogP) is 1.67. The number of thioether (sulfide) groups is 1. The first-order chi connectivity index (χ1) is 7.81. The summed E-state index contributed by atoms with van der Waals surface area (Å²) in [6, 6.07) is -0.288. The first-order valence-corrected chi connectivity index (χ1v) is 6.64.